The van der Waals surface area contributed by atoms with Crippen LogP contribution in [0.15, 0.2) is 36.4 Å². The molecule has 0 saturated heterocycles. The molecule has 0 fully saturated rings. The molecular formula is C16H11Cl2N3. The van der Waals surface area contributed by atoms with Gasteiger partial charge in [-0.2, -0.15) is 10.4 Å². The summed E-state index contributed by atoms with van der Waals surface area (Å²) in [6, 6.07) is 13.5. The van der Waals surface area contributed by atoms with Gasteiger partial charge in [-0.15, -0.1) is 0 Å². The van der Waals surface area contributed by atoms with E-state index >= 15 is 0 Å². The summed E-state index contributed by atoms with van der Waals surface area (Å²) >= 11 is 12.3. The lowest BCUT2D eigenvalue weighted by Gasteiger charge is -2.06. The highest BCUT2D eigenvalue weighted by Gasteiger charge is 2.14. The van der Waals surface area contributed by atoms with Crippen molar-refractivity contribution in [3.63, 3.8) is 0 Å². The molecule has 5 heteroatoms. The van der Waals surface area contributed by atoms with Crippen molar-refractivity contribution in [2.75, 3.05) is 0 Å². The van der Waals surface area contributed by atoms with Crippen molar-refractivity contribution in [3.05, 3.63) is 52.1 Å². The van der Waals surface area contributed by atoms with Crippen LogP contribution < -0.4 is 0 Å². The highest BCUT2D eigenvalue weighted by molar-refractivity contribution is 6.36. The number of aromatic nitrogens is 2. The minimum atomic E-state index is 0.324. The first kappa shape index (κ1) is 13.9. The molecule has 0 amide bonds. The average molecular weight is 316 g/mol. The van der Waals surface area contributed by atoms with E-state index in [-0.39, 0.29) is 0 Å². The van der Waals surface area contributed by atoms with E-state index < -0.39 is 0 Å². The van der Waals surface area contributed by atoms with Crippen LogP contribution in [-0.4, -0.2) is 9.78 Å². The Morgan fingerprint density at radius 1 is 1.19 bits per heavy atom. The Morgan fingerprint density at radius 3 is 2.71 bits per heavy atom. The van der Waals surface area contributed by atoms with Gasteiger partial charge in [0.25, 0.3) is 0 Å². The molecule has 0 N–H and O–H groups in total. The number of halogens is 2. The van der Waals surface area contributed by atoms with Gasteiger partial charge in [0.1, 0.15) is 5.52 Å². The van der Waals surface area contributed by atoms with Crippen LogP contribution in [0.25, 0.3) is 22.0 Å². The first-order chi connectivity index (χ1) is 10.1. The van der Waals surface area contributed by atoms with Gasteiger partial charge in [0.05, 0.1) is 18.2 Å². The predicted octanol–water partition coefficient (Wildman–Crippen LogP) is 4.61. The fourth-order valence-electron chi connectivity index (χ4n) is 2.48. The van der Waals surface area contributed by atoms with Crippen molar-refractivity contribution >= 4 is 34.1 Å². The monoisotopic (exact) mass is 315 g/mol. The summed E-state index contributed by atoms with van der Waals surface area (Å²) in [5, 5.41) is 15.7. The van der Waals surface area contributed by atoms with Gasteiger partial charge in [0, 0.05) is 33.6 Å². The number of nitriles is 1. The summed E-state index contributed by atoms with van der Waals surface area (Å²) in [4.78, 5) is 0. The third kappa shape index (κ3) is 2.37. The Hall–Kier alpha value is -2.02. The van der Waals surface area contributed by atoms with Gasteiger partial charge in [-0.25, -0.2) is 0 Å². The molecule has 1 aromatic heterocycles. The van der Waals surface area contributed by atoms with Crippen LogP contribution in [0.2, 0.25) is 10.0 Å². The van der Waals surface area contributed by atoms with E-state index in [1.54, 1.807) is 16.8 Å². The summed E-state index contributed by atoms with van der Waals surface area (Å²) in [5.74, 6) is 0. The number of hydrogen-bond acceptors (Lipinski definition) is 2. The molecule has 0 aliphatic carbocycles. The minimum absolute atomic E-state index is 0.324. The first-order valence-corrected chi connectivity index (χ1v) is 7.14. The van der Waals surface area contributed by atoms with Gasteiger partial charge in [-0.05, 0) is 12.1 Å². The van der Waals surface area contributed by atoms with Crippen LogP contribution in [-0.2, 0) is 13.5 Å². The quantitative estimate of drug-likeness (QED) is 0.692. The third-order valence-electron chi connectivity index (χ3n) is 3.46. The molecule has 0 aliphatic rings. The number of fused-ring (bicyclic) bond motifs is 1. The Kier molecular flexibility index (Phi) is 3.59. The van der Waals surface area contributed by atoms with Gasteiger partial charge < -0.3 is 0 Å². The van der Waals surface area contributed by atoms with Gasteiger partial charge in [-0.3, -0.25) is 4.68 Å². The Labute approximate surface area is 132 Å². The third-order valence-corrected chi connectivity index (χ3v) is 4.00. The second-order valence-electron chi connectivity index (χ2n) is 4.73. The van der Waals surface area contributed by atoms with Crippen molar-refractivity contribution in [2.45, 2.75) is 6.42 Å². The molecule has 3 aromatic rings. The molecule has 0 aliphatic heterocycles. The first-order valence-electron chi connectivity index (χ1n) is 6.39. The van der Waals surface area contributed by atoms with Crippen LogP contribution in [0.3, 0.4) is 0 Å². The lowest BCUT2D eigenvalue weighted by atomic mass is 10.0. The average Bonchev–Trinajstić information content (AvgIpc) is 2.76. The minimum Gasteiger partial charge on any atom is -0.270 e. The number of rotatable bonds is 2. The zero-order valence-corrected chi connectivity index (χ0v) is 12.8. The molecule has 0 spiro atoms. The molecule has 3 rings (SSSR count). The highest BCUT2D eigenvalue weighted by Crippen LogP contribution is 2.35. The molecule has 3 nitrogen and oxygen atoms in total. The summed E-state index contributed by atoms with van der Waals surface area (Å²) in [6.07, 6.45) is 0.324. The molecular weight excluding hydrogens is 305 g/mol. The lowest BCUT2D eigenvalue weighted by molar-refractivity contribution is 0.739. The Balaban J connectivity index is 2.29. The summed E-state index contributed by atoms with van der Waals surface area (Å²) in [6.45, 7) is 0. The normalized spacial score (nSPS) is 10.8. The molecule has 0 bridgehead atoms. The topological polar surface area (TPSA) is 41.6 Å². The molecule has 0 atom stereocenters. The maximum absolute atomic E-state index is 8.96. The van der Waals surface area contributed by atoms with Crippen molar-refractivity contribution in [3.8, 4) is 17.2 Å². The van der Waals surface area contributed by atoms with Crippen molar-refractivity contribution in [2.24, 2.45) is 7.05 Å². The molecule has 0 radical (unpaired) electrons. The second-order valence-corrected chi connectivity index (χ2v) is 5.57. The van der Waals surface area contributed by atoms with Crippen LogP contribution in [0.1, 0.15) is 5.69 Å². The molecule has 21 heavy (non-hydrogen) atoms. The number of benzene rings is 2. The standard InChI is InChI=1S/C16H11Cl2N3/c1-21-15(7-8-19)13-4-2-3-12(16(13)20-21)11-6-5-10(17)9-14(11)18/h2-6,9H,7H2,1H3. The molecule has 104 valence electrons. The van der Waals surface area contributed by atoms with E-state index in [1.807, 2.05) is 31.3 Å². The van der Waals surface area contributed by atoms with Crippen LogP contribution in [0, 0.1) is 11.3 Å². The molecule has 0 saturated carbocycles. The van der Waals surface area contributed by atoms with Crippen molar-refractivity contribution in [1.29, 1.82) is 5.26 Å². The fraction of sp³-hybridized carbons (Fsp3) is 0.125. The molecule has 2 aromatic carbocycles. The number of aryl methyl sites for hydroxylation is 1. The van der Waals surface area contributed by atoms with E-state index in [1.165, 1.54) is 0 Å². The lowest BCUT2D eigenvalue weighted by Crippen LogP contribution is -1.96. The SMILES string of the molecule is Cn1nc2c(-c3ccc(Cl)cc3Cl)cccc2c1CC#N. The Bertz CT molecular complexity index is 875. The molecule has 0 unspecified atom stereocenters. The number of nitrogens with zero attached hydrogens (tertiary/aromatic N) is 3. The number of hydrogen-bond donors (Lipinski definition) is 0. The van der Waals surface area contributed by atoms with Gasteiger partial charge in [-0.1, -0.05) is 47.5 Å². The summed E-state index contributed by atoms with van der Waals surface area (Å²) in [5.41, 5.74) is 3.57. The van der Waals surface area contributed by atoms with E-state index in [0.717, 1.165) is 27.7 Å². The van der Waals surface area contributed by atoms with Crippen LogP contribution in [0.5, 0.6) is 0 Å². The summed E-state index contributed by atoms with van der Waals surface area (Å²) in [7, 11) is 1.85. The zero-order chi connectivity index (χ0) is 15.0. The van der Waals surface area contributed by atoms with Gasteiger partial charge in [0.15, 0.2) is 0 Å². The predicted molar refractivity (Wildman–Crippen MR) is 85.5 cm³/mol. The Morgan fingerprint density at radius 2 is 2.00 bits per heavy atom. The molecule has 1 heterocycles. The largest absolute Gasteiger partial charge is 0.270 e. The maximum Gasteiger partial charge on any atom is 0.100 e. The van der Waals surface area contributed by atoms with Crippen LogP contribution in [0.4, 0.5) is 0 Å². The highest BCUT2D eigenvalue weighted by atomic mass is 35.5. The van der Waals surface area contributed by atoms with Crippen molar-refractivity contribution in [1.82, 2.24) is 9.78 Å². The van der Waals surface area contributed by atoms with E-state index in [9.17, 15) is 0 Å². The zero-order valence-electron chi connectivity index (χ0n) is 11.3. The summed E-state index contributed by atoms with van der Waals surface area (Å²) < 4.78 is 1.75. The van der Waals surface area contributed by atoms with Crippen molar-refractivity contribution < 1.29 is 0 Å². The van der Waals surface area contributed by atoms with Crippen LogP contribution >= 0.6 is 23.2 Å². The van der Waals surface area contributed by atoms with E-state index in [4.69, 9.17) is 28.5 Å². The second kappa shape index (κ2) is 5.40. The van der Waals surface area contributed by atoms with E-state index in [0.29, 0.717) is 16.5 Å². The maximum atomic E-state index is 8.96. The van der Waals surface area contributed by atoms with Gasteiger partial charge in [0.2, 0.25) is 0 Å². The van der Waals surface area contributed by atoms with Gasteiger partial charge >= 0.3 is 0 Å². The smallest absolute Gasteiger partial charge is 0.100 e. The van der Waals surface area contributed by atoms with E-state index in [2.05, 4.69) is 11.2 Å². The fourth-order valence-corrected chi connectivity index (χ4v) is 2.99.